The Morgan fingerprint density at radius 3 is 2.29 bits per heavy atom. The van der Waals surface area contributed by atoms with Crippen molar-refractivity contribution in [2.75, 3.05) is 0 Å². The topological polar surface area (TPSA) is 26.0 Å². The van der Waals surface area contributed by atoms with Crippen LogP contribution in [0.5, 0.6) is 0 Å². The fourth-order valence-electron chi connectivity index (χ4n) is 4.59. The summed E-state index contributed by atoms with van der Waals surface area (Å²) in [4.78, 5) is 4.70. The van der Waals surface area contributed by atoms with Crippen LogP contribution in [0.25, 0.3) is 54.7 Å². The van der Waals surface area contributed by atoms with E-state index in [4.69, 9.17) is 9.40 Å². The molecule has 2 heterocycles. The van der Waals surface area contributed by atoms with Crippen LogP contribution in [-0.4, -0.2) is 4.98 Å². The summed E-state index contributed by atoms with van der Waals surface area (Å²) in [7, 11) is 0. The molecule has 0 aliphatic rings. The summed E-state index contributed by atoms with van der Waals surface area (Å²) >= 11 is 0. The quantitative estimate of drug-likeness (QED) is 0.259. The standard InChI is InChI=1S/C29H23NO/c1-29(2,3)20-15-16-30-25(17-20)24-10-6-9-22-23-14-13-19-12-11-18-7-4-5-8-21(18)26(19)28(23)31-27(22)24/h4-17H,1-3H3. The van der Waals surface area contributed by atoms with E-state index < -0.39 is 0 Å². The minimum Gasteiger partial charge on any atom is -0.455 e. The highest BCUT2D eigenvalue weighted by molar-refractivity contribution is 6.23. The number of para-hydroxylation sites is 1. The summed E-state index contributed by atoms with van der Waals surface area (Å²) in [6, 6.07) is 27.9. The third-order valence-corrected chi connectivity index (χ3v) is 6.27. The molecule has 0 unspecified atom stereocenters. The van der Waals surface area contributed by atoms with E-state index in [0.29, 0.717) is 0 Å². The van der Waals surface area contributed by atoms with Gasteiger partial charge >= 0.3 is 0 Å². The van der Waals surface area contributed by atoms with E-state index in [2.05, 4.69) is 99.6 Å². The van der Waals surface area contributed by atoms with Crippen LogP contribution < -0.4 is 0 Å². The van der Waals surface area contributed by atoms with Crippen molar-refractivity contribution in [3.8, 4) is 11.3 Å². The number of furan rings is 1. The molecule has 2 aromatic heterocycles. The predicted octanol–water partition coefficient (Wildman–Crippen LogP) is 8.25. The molecule has 0 N–H and O–H groups in total. The highest BCUT2D eigenvalue weighted by Crippen LogP contribution is 2.40. The maximum absolute atomic E-state index is 6.64. The van der Waals surface area contributed by atoms with E-state index in [1.165, 1.54) is 27.1 Å². The molecular weight excluding hydrogens is 378 g/mol. The van der Waals surface area contributed by atoms with Crippen LogP contribution in [0, 0.1) is 0 Å². The van der Waals surface area contributed by atoms with Gasteiger partial charge in [-0.2, -0.15) is 0 Å². The molecule has 0 atom stereocenters. The number of nitrogens with zero attached hydrogens (tertiary/aromatic N) is 1. The Balaban J connectivity index is 1.71. The molecule has 2 nitrogen and oxygen atoms in total. The van der Waals surface area contributed by atoms with E-state index in [0.717, 1.165) is 33.2 Å². The SMILES string of the molecule is CC(C)(C)c1ccnc(-c2cccc3c2oc2c3ccc3ccc4ccccc4c32)c1. The molecule has 4 aromatic carbocycles. The lowest BCUT2D eigenvalue weighted by Crippen LogP contribution is -2.11. The normalized spacial score (nSPS) is 12.4. The summed E-state index contributed by atoms with van der Waals surface area (Å²) in [6.45, 7) is 6.68. The van der Waals surface area contributed by atoms with Crippen molar-refractivity contribution in [3.63, 3.8) is 0 Å². The van der Waals surface area contributed by atoms with Gasteiger partial charge in [-0.25, -0.2) is 0 Å². The molecule has 0 amide bonds. The number of hydrogen-bond donors (Lipinski definition) is 0. The number of fused-ring (bicyclic) bond motifs is 7. The molecule has 31 heavy (non-hydrogen) atoms. The lowest BCUT2D eigenvalue weighted by Gasteiger charge is -2.19. The first-order valence-electron chi connectivity index (χ1n) is 10.7. The molecular formula is C29H23NO. The average molecular weight is 402 g/mol. The molecule has 0 saturated carbocycles. The second kappa shape index (κ2) is 6.42. The van der Waals surface area contributed by atoms with Gasteiger partial charge in [0.2, 0.25) is 0 Å². The van der Waals surface area contributed by atoms with Gasteiger partial charge in [-0.15, -0.1) is 0 Å². The van der Waals surface area contributed by atoms with Crippen molar-refractivity contribution < 1.29 is 4.42 Å². The minimum absolute atomic E-state index is 0.0641. The third-order valence-electron chi connectivity index (χ3n) is 6.27. The minimum atomic E-state index is 0.0641. The number of rotatable bonds is 1. The monoisotopic (exact) mass is 401 g/mol. The molecule has 0 aliphatic carbocycles. The van der Waals surface area contributed by atoms with Gasteiger partial charge < -0.3 is 4.42 Å². The van der Waals surface area contributed by atoms with E-state index in [9.17, 15) is 0 Å². The van der Waals surface area contributed by atoms with Gasteiger partial charge in [0, 0.05) is 27.9 Å². The highest BCUT2D eigenvalue weighted by Gasteiger charge is 2.18. The largest absolute Gasteiger partial charge is 0.455 e. The second-order valence-corrected chi connectivity index (χ2v) is 9.29. The van der Waals surface area contributed by atoms with Crippen molar-refractivity contribution in [2.45, 2.75) is 26.2 Å². The third kappa shape index (κ3) is 2.75. The lowest BCUT2D eigenvalue weighted by atomic mass is 9.87. The molecule has 150 valence electrons. The van der Waals surface area contributed by atoms with Gasteiger partial charge in [0.25, 0.3) is 0 Å². The van der Waals surface area contributed by atoms with Gasteiger partial charge in [0.15, 0.2) is 0 Å². The Bertz CT molecular complexity index is 1620. The fourth-order valence-corrected chi connectivity index (χ4v) is 4.59. The smallest absolute Gasteiger partial charge is 0.144 e. The van der Waals surface area contributed by atoms with Crippen molar-refractivity contribution in [1.29, 1.82) is 0 Å². The Morgan fingerprint density at radius 2 is 1.42 bits per heavy atom. The summed E-state index contributed by atoms with van der Waals surface area (Å²) in [5.41, 5.74) is 5.16. The van der Waals surface area contributed by atoms with Crippen LogP contribution in [0.15, 0.2) is 89.5 Å². The average Bonchev–Trinajstić information content (AvgIpc) is 3.17. The Kier molecular flexibility index (Phi) is 3.76. The first kappa shape index (κ1) is 18.1. The Morgan fingerprint density at radius 1 is 0.677 bits per heavy atom. The number of hydrogen-bond acceptors (Lipinski definition) is 2. The van der Waals surface area contributed by atoms with Gasteiger partial charge in [0.05, 0.1) is 5.69 Å². The molecule has 6 rings (SSSR count). The van der Waals surface area contributed by atoms with Crippen LogP contribution in [0.4, 0.5) is 0 Å². The first-order chi connectivity index (χ1) is 15.0. The van der Waals surface area contributed by atoms with E-state index in [1.807, 2.05) is 6.20 Å². The van der Waals surface area contributed by atoms with E-state index in [-0.39, 0.29) is 5.41 Å². The Labute approximate surface area is 181 Å². The Hall–Kier alpha value is -3.65. The van der Waals surface area contributed by atoms with E-state index >= 15 is 0 Å². The van der Waals surface area contributed by atoms with Crippen molar-refractivity contribution in [2.24, 2.45) is 0 Å². The molecule has 0 spiro atoms. The van der Waals surface area contributed by atoms with Crippen LogP contribution in [-0.2, 0) is 5.41 Å². The van der Waals surface area contributed by atoms with Crippen molar-refractivity contribution in [3.05, 3.63) is 90.6 Å². The molecule has 0 saturated heterocycles. The van der Waals surface area contributed by atoms with E-state index in [1.54, 1.807) is 0 Å². The summed E-state index contributed by atoms with van der Waals surface area (Å²) in [5, 5.41) is 7.09. The molecule has 0 bridgehead atoms. The van der Waals surface area contributed by atoms with Crippen molar-refractivity contribution >= 4 is 43.5 Å². The van der Waals surface area contributed by atoms with Crippen LogP contribution in [0.2, 0.25) is 0 Å². The zero-order valence-corrected chi connectivity index (χ0v) is 17.9. The maximum atomic E-state index is 6.64. The molecule has 0 radical (unpaired) electrons. The van der Waals surface area contributed by atoms with Gasteiger partial charge in [-0.3, -0.25) is 4.98 Å². The summed E-state index contributed by atoms with van der Waals surface area (Å²) < 4.78 is 6.64. The second-order valence-electron chi connectivity index (χ2n) is 9.29. The molecule has 0 fully saturated rings. The molecule has 2 heteroatoms. The number of pyridine rings is 1. The zero-order chi connectivity index (χ0) is 21.2. The highest BCUT2D eigenvalue weighted by atomic mass is 16.3. The summed E-state index contributed by atoms with van der Waals surface area (Å²) in [5.74, 6) is 0. The zero-order valence-electron chi connectivity index (χ0n) is 17.9. The first-order valence-corrected chi connectivity index (χ1v) is 10.7. The van der Waals surface area contributed by atoms with Crippen LogP contribution in [0.3, 0.4) is 0 Å². The van der Waals surface area contributed by atoms with Crippen LogP contribution >= 0.6 is 0 Å². The number of benzene rings is 4. The predicted molar refractivity (Wildman–Crippen MR) is 131 cm³/mol. The van der Waals surface area contributed by atoms with Gasteiger partial charge in [-0.05, 0) is 51.4 Å². The lowest BCUT2D eigenvalue weighted by molar-refractivity contribution is 0.589. The molecule has 0 aliphatic heterocycles. The van der Waals surface area contributed by atoms with Gasteiger partial charge in [0.1, 0.15) is 11.2 Å². The van der Waals surface area contributed by atoms with Crippen LogP contribution in [0.1, 0.15) is 26.3 Å². The van der Waals surface area contributed by atoms with Gasteiger partial charge in [-0.1, -0.05) is 75.4 Å². The number of aromatic nitrogens is 1. The summed E-state index contributed by atoms with van der Waals surface area (Å²) in [6.07, 6.45) is 1.90. The maximum Gasteiger partial charge on any atom is 0.144 e. The fraction of sp³-hybridized carbons (Fsp3) is 0.138. The molecule has 6 aromatic rings. The van der Waals surface area contributed by atoms with Crippen molar-refractivity contribution in [1.82, 2.24) is 4.98 Å².